The number of benzene rings is 1. The van der Waals surface area contributed by atoms with Crippen molar-refractivity contribution >= 4 is 46.5 Å². The van der Waals surface area contributed by atoms with Crippen molar-refractivity contribution in [3.8, 4) is 0 Å². The molecule has 7 nitrogen and oxygen atoms in total. The van der Waals surface area contributed by atoms with Gasteiger partial charge < -0.3 is 20.7 Å². The Labute approximate surface area is 155 Å². The number of nitrogens with two attached hydrogens (primary N) is 1. The van der Waals surface area contributed by atoms with Gasteiger partial charge in [0.1, 0.15) is 11.7 Å². The van der Waals surface area contributed by atoms with Crippen LogP contribution in [0.15, 0.2) is 29.4 Å². The van der Waals surface area contributed by atoms with Crippen LogP contribution in [0.3, 0.4) is 0 Å². The number of nitrogen functional groups attached to an aromatic ring is 1. The minimum atomic E-state index is 0.278. The Morgan fingerprint density at radius 3 is 3.00 bits per heavy atom. The SMILES string of the molecule is Nc1cccc(C2=Cc3cnc(NC4COC4)nc3N3CCN=C23)c1Cl. The quantitative estimate of drug-likeness (QED) is 0.808. The molecule has 0 unspecified atom stereocenters. The first-order valence-corrected chi connectivity index (χ1v) is 8.88. The molecule has 2 aromatic rings. The van der Waals surface area contributed by atoms with Crippen molar-refractivity contribution in [1.29, 1.82) is 0 Å². The third kappa shape index (κ3) is 2.43. The number of rotatable bonds is 3. The number of aliphatic imine (C=N–C) groups is 1. The molecule has 0 amide bonds. The Kier molecular flexibility index (Phi) is 3.58. The number of fused-ring (bicyclic) bond motifs is 3. The molecule has 0 spiro atoms. The van der Waals surface area contributed by atoms with Crippen LogP contribution in [0.2, 0.25) is 5.02 Å². The predicted molar refractivity (Wildman–Crippen MR) is 104 cm³/mol. The van der Waals surface area contributed by atoms with E-state index in [9.17, 15) is 0 Å². The first-order valence-electron chi connectivity index (χ1n) is 8.50. The van der Waals surface area contributed by atoms with E-state index in [1.807, 2.05) is 24.4 Å². The van der Waals surface area contributed by atoms with E-state index in [-0.39, 0.29) is 6.04 Å². The van der Waals surface area contributed by atoms with E-state index in [4.69, 9.17) is 27.1 Å². The van der Waals surface area contributed by atoms with E-state index >= 15 is 0 Å². The molecule has 0 atom stereocenters. The number of nitrogens with one attached hydrogen (secondary N) is 1. The van der Waals surface area contributed by atoms with E-state index in [0.717, 1.165) is 41.4 Å². The summed E-state index contributed by atoms with van der Waals surface area (Å²) in [5.41, 5.74) is 9.30. The molecule has 0 bridgehead atoms. The maximum atomic E-state index is 6.46. The van der Waals surface area contributed by atoms with Gasteiger partial charge in [0.2, 0.25) is 5.95 Å². The van der Waals surface area contributed by atoms with Crippen LogP contribution in [0.25, 0.3) is 11.6 Å². The molecule has 0 radical (unpaired) electrons. The molecule has 26 heavy (non-hydrogen) atoms. The molecule has 0 aliphatic carbocycles. The van der Waals surface area contributed by atoms with Gasteiger partial charge in [0.25, 0.3) is 0 Å². The first-order chi connectivity index (χ1) is 12.7. The highest BCUT2D eigenvalue weighted by molar-refractivity contribution is 6.41. The molecule has 3 N–H and O–H groups in total. The molecule has 4 heterocycles. The zero-order valence-electron chi connectivity index (χ0n) is 13.9. The van der Waals surface area contributed by atoms with Crippen LogP contribution < -0.4 is 16.0 Å². The summed E-state index contributed by atoms with van der Waals surface area (Å²) in [6, 6.07) is 5.93. The van der Waals surface area contributed by atoms with Gasteiger partial charge in [0, 0.05) is 29.4 Å². The molecule has 3 aliphatic heterocycles. The Bertz CT molecular complexity index is 953. The van der Waals surface area contributed by atoms with Crippen molar-refractivity contribution in [3.63, 3.8) is 0 Å². The molecule has 1 fully saturated rings. The summed E-state index contributed by atoms with van der Waals surface area (Å²) < 4.78 is 5.19. The topological polar surface area (TPSA) is 88.7 Å². The Morgan fingerprint density at radius 2 is 2.19 bits per heavy atom. The molecular weight excluding hydrogens is 352 g/mol. The average molecular weight is 369 g/mol. The number of nitrogens with zero attached hydrogens (tertiary/aromatic N) is 4. The van der Waals surface area contributed by atoms with Crippen LogP contribution in [-0.4, -0.2) is 48.1 Å². The smallest absolute Gasteiger partial charge is 0.225 e. The number of anilines is 3. The summed E-state index contributed by atoms with van der Waals surface area (Å²) >= 11 is 6.46. The van der Waals surface area contributed by atoms with Crippen LogP contribution in [-0.2, 0) is 4.74 Å². The number of aromatic nitrogens is 2. The van der Waals surface area contributed by atoms with E-state index < -0.39 is 0 Å². The van der Waals surface area contributed by atoms with Gasteiger partial charge >= 0.3 is 0 Å². The Morgan fingerprint density at radius 1 is 1.31 bits per heavy atom. The summed E-state index contributed by atoms with van der Waals surface area (Å²) in [5.74, 6) is 2.35. The minimum Gasteiger partial charge on any atom is -0.398 e. The third-order valence-corrected chi connectivity index (χ3v) is 5.15. The first kappa shape index (κ1) is 15.6. The van der Waals surface area contributed by atoms with E-state index in [1.54, 1.807) is 6.07 Å². The largest absolute Gasteiger partial charge is 0.398 e. The maximum Gasteiger partial charge on any atom is 0.225 e. The summed E-state index contributed by atoms with van der Waals surface area (Å²) in [6.07, 6.45) is 3.87. The lowest BCUT2D eigenvalue weighted by Crippen LogP contribution is -2.41. The zero-order chi connectivity index (χ0) is 17.7. The highest BCUT2D eigenvalue weighted by Crippen LogP contribution is 2.38. The fourth-order valence-electron chi connectivity index (χ4n) is 3.33. The molecule has 5 rings (SSSR count). The summed E-state index contributed by atoms with van der Waals surface area (Å²) in [6.45, 7) is 2.88. The van der Waals surface area contributed by atoms with Gasteiger partial charge in [-0.3, -0.25) is 4.99 Å². The van der Waals surface area contributed by atoms with Gasteiger partial charge in [-0.1, -0.05) is 23.7 Å². The molecule has 0 saturated carbocycles. The van der Waals surface area contributed by atoms with E-state index in [0.29, 0.717) is 29.9 Å². The predicted octanol–water partition coefficient (Wildman–Crippen LogP) is 2.30. The number of ether oxygens (including phenoxy) is 1. The molecule has 132 valence electrons. The van der Waals surface area contributed by atoms with Crippen LogP contribution in [0, 0.1) is 0 Å². The molecular formula is C18H17ClN6O. The standard InChI is InChI=1S/C18H17ClN6O/c19-15-12(2-1-3-14(15)20)13-6-10-7-22-18(23-11-8-26-9-11)24-16(10)25-5-4-21-17(13)25/h1-3,6-7,11H,4-5,8-9,20H2,(H,22,23,24). The van der Waals surface area contributed by atoms with E-state index in [2.05, 4.69) is 20.2 Å². The number of halogens is 1. The van der Waals surface area contributed by atoms with Crippen LogP contribution in [0.5, 0.6) is 0 Å². The second-order valence-corrected chi connectivity index (χ2v) is 6.85. The number of amidine groups is 1. The lowest BCUT2D eigenvalue weighted by atomic mass is 9.98. The van der Waals surface area contributed by atoms with Crippen molar-refractivity contribution in [2.75, 3.05) is 42.3 Å². The molecule has 1 aromatic heterocycles. The lowest BCUT2D eigenvalue weighted by Gasteiger charge is -2.30. The van der Waals surface area contributed by atoms with Gasteiger partial charge in [0.15, 0.2) is 0 Å². The normalized spacial score (nSPS) is 18.6. The molecule has 1 aromatic carbocycles. The van der Waals surface area contributed by atoms with Gasteiger partial charge in [-0.25, -0.2) is 4.98 Å². The Hall–Kier alpha value is -2.64. The second-order valence-electron chi connectivity index (χ2n) is 6.48. The highest BCUT2D eigenvalue weighted by atomic mass is 35.5. The fourth-order valence-corrected chi connectivity index (χ4v) is 3.56. The number of hydrogen-bond donors (Lipinski definition) is 2. The average Bonchev–Trinajstić information content (AvgIpc) is 3.10. The van der Waals surface area contributed by atoms with Crippen molar-refractivity contribution in [2.24, 2.45) is 4.99 Å². The minimum absolute atomic E-state index is 0.278. The maximum absolute atomic E-state index is 6.46. The van der Waals surface area contributed by atoms with Gasteiger partial charge in [-0.2, -0.15) is 4.98 Å². The van der Waals surface area contributed by atoms with Gasteiger partial charge in [-0.05, 0) is 12.1 Å². The van der Waals surface area contributed by atoms with Crippen molar-refractivity contribution in [3.05, 3.63) is 40.5 Å². The van der Waals surface area contributed by atoms with Crippen LogP contribution >= 0.6 is 11.6 Å². The molecule has 1 saturated heterocycles. The third-order valence-electron chi connectivity index (χ3n) is 4.72. The van der Waals surface area contributed by atoms with Crippen LogP contribution in [0.4, 0.5) is 17.5 Å². The lowest BCUT2D eigenvalue weighted by molar-refractivity contribution is 0.0208. The molecule has 8 heteroatoms. The summed E-state index contributed by atoms with van der Waals surface area (Å²) in [7, 11) is 0. The highest BCUT2D eigenvalue weighted by Gasteiger charge is 2.31. The summed E-state index contributed by atoms with van der Waals surface area (Å²) in [5, 5.41) is 3.84. The fraction of sp³-hybridized carbons (Fsp3) is 0.278. The van der Waals surface area contributed by atoms with Gasteiger partial charge in [0.05, 0.1) is 36.5 Å². The van der Waals surface area contributed by atoms with Gasteiger partial charge in [-0.15, -0.1) is 0 Å². The monoisotopic (exact) mass is 368 g/mol. The molecule has 3 aliphatic rings. The number of hydrogen-bond acceptors (Lipinski definition) is 7. The van der Waals surface area contributed by atoms with E-state index in [1.165, 1.54) is 0 Å². The van der Waals surface area contributed by atoms with Crippen molar-refractivity contribution < 1.29 is 4.74 Å². The van der Waals surface area contributed by atoms with Crippen LogP contribution in [0.1, 0.15) is 11.1 Å². The zero-order valence-corrected chi connectivity index (χ0v) is 14.7. The second kappa shape index (κ2) is 5.96. The van der Waals surface area contributed by atoms with Crippen molar-refractivity contribution in [2.45, 2.75) is 6.04 Å². The van der Waals surface area contributed by atoms with Crippen molar-refractivity contribution in [1.82, 2.24) is 9.97 Å². The summed E-state index contributed by atoms with van der Waals surface area (Å²) in [4.78, 5) is 16.0. The Balaban J connectivity index is 1.59.